The lowest BCUT2D eigenvalue weighted by Gasteiger charge is -1.99. The summed E-state index contributed by atoms with van der Waals surface area (Å²) in [7, 11) is 0. The molecule has 0 fully saturated rings. The molecule has 1 rings (SSSR count). The number of nitrogens with zero attached hydrogens (tertiary/aromatic N) is 1. The molecule has 17 heavy (non-hydrogen) atoms. The lowest BCUT2D eigenvalue weighted by atomic mass is 10.2. The van der Waals surface area contributed by atoms with Crippen LogP contribution in [-0.2, 0) is 14.3 Å². The highest BCUT2D eigenvalue weighted by Gasteiger charge is 2.12. The first-order valence-corrected chi connectivity index (χ1v) is 5.68. The van der Waals surface area contributed by atoms with E-state index >= 15 is 0 Å². The number of hydrogen-bond acceptors (Lipinski definition) is 4. The second-order valence-corrected chi connectivity index (χ2v) is 3.89. The molecule has 5 nitrogen and oxygen atoms in total. The number of esters is 1. The van der Waals surface area contributed by atoms with E-state index in [-0.39, 0.29) is 6.61 Å². The first kappa shape index (κ1) is 13.4. The van der Waals surface area contributed by atoms with Crippen molar-refractivity contribution in [1.29, 1.82) is 0 Å². The van der Waals surface area contributed by atoms with E-state index in [0.717, 1.165) is 10.0 Å². The van der Waals surface area contributed by atoms with Gasteiger partial charge in [-0.1, -0.05) is 28.1 Å². The summed E-state index contributed by atoms with van der Waals surface area (Å²) in [4.78, 5) is 22.0. The molecule has 0 unspecified atom stereocenters. The summed E-state index contributed by atoms with van der Waals surface area (Å²) in [5.74, 6) is -1.83. The Morgan fingerprint density at radius 1 is 1.41 bits per heavy atom. The Morgan fingerprint density at radius 3 is 2.65 bits per heavy atom. The van der Waals surface area contributed by atoms with Crippen molar-refractivity contribution >= 4 is 34.0 Å². The quantitative estimate of drug-likeness (QED) is 0.398. The van der Waals surface area contributed by atoms with Crippen LogP contribution in [0, 0.1) is 0 Å². The van der Waals surface area contributed by atoms with Gasteiger partial charge in [-0.25, -0.2) is 10.2 Å². The number of halogens is 1. The molecule has 1 aromatic carbocycles. The maximum Gasteiger partial charge on any atom is 0.398 e. The third-order valence-electron chi connectivity index (χ3n) is 1.71. The minimum absolute atomic E-state index is 0.155. The number of carbonyl (C=O) groups is 2. The molecule has 1 amide bonds. The van der Waals surface area contributed by atoms with E-state index < -0.39 is 11.9 Å². The Morgan fingerprint density at radius 2 is 2.06 bits per heavy atom. The molecular weight excluding hydrogens is 288 g/mol. The van der Waals surface area contributed by atoms with Gasteiger partial charge in [0.2, 0.25) is 0 Å². The highest BCUT2D eigenvalue weighted by molar-refractivity contribution is 9.10. The number of benzene rings is 1. The van der Waals surface area contributed by atoms with E-state index in [1.165, 1.54) is 6.21 Å². The fourth-order valence-electron chi connectivity index (χ4n) is 0.957. The van der Waals surface area contributed by atoms with Gasteiger partial charge in [0.1, 0.15) is 0 Å². The van der Waals surface area contributed by atoms with E-state index in [1.54, 1.807) is 6.92 Å². The highest BCUT2D eigenvalue weighted by atomic mass is 79.9. The van der Waals surface area contributed by atoms with Crippen molar-refractivity contribution in [3.63, 3.8) is 0 Å². The number of rotatable bonds is 3. The molecule has 1 N–H and O–H groups in total. The molecule has 0 aliphatic heterocycles. The average molecular weight is 299 g/mol. The molecule has 0 radical (unpaired) electrons. The van der Waals surface area contributed by atoms with E-state index in [9.17, 15) is 9.59 Å². The van der Waals surface area contributed by atoms with Crippen molar-refractivity contribution in [1.82, 2.24) is 5.43 Å². The van der Waals surface area contributed by atoms with Gasteiger partial charge in [-0.15, -0.1) is 0 Å². The molecule has 0 aromatic heterocycles. The van der Waals surface area contributed by atoms with Crippen LogP contribution in [0.15, 0.2) is 33.8 Å². The second-order valence-electron chi connectivity index (χ2n) is 2.97. The predicted molar refractivity (Wildman–Crippen MR) is 66.5 cm³/mol. The van der Waals surface area contributed by atoms with Crippen LogP contribution in [0.1, 0.15) is 12.5 Å². The fraction of sp³-hybridized carbons (Fsp3) is 0.182. The molecule has 0 aliphatic carbocycles. The molecule has 0 saturated carbocycles. The van der Waals surface area contributed by atoms with Gasteiger partial charge in [0, 0.05) is 4.47 Å². The van der Waals surface area contributed by atoms with E-state index in [4.69, 9.17) is 0 Å². The molecule has 90 valence electrons. The summed E-state index contributed by atoms with van der Waals surface area (Å²) < 4.78 is 5.44. The molecule has 0 saturated heterocycles. The average Bonchev–Trinajstić information content (AvgIpc) is 2.32. The van der Waals surface area contributed by atoms with E-state index in [1.807, 2.05) is 24.3 Å². The SMILES string of the molecule is CCOC(=O)C(=O)NN=Cc1ccc(Br)cc1. The van der Waals surface area contributed by atoms with E-state index in [2.05, 4.69) is 31.2 Å². The lowest BCUT2D eigenvalue weighted by Crippen LogP contribution is -2.28. The molecule has 0 aliphatic rings. The first-order chi connectivity index (χ1) is 8.13. The van der Waals surface area contributed by atoms with Gasteiger partial charge in [0.05, 0.1) is 12.8 Å². The number of hydrogen-bond donors (Lipinski definition) is 1. The summed E-state index contributed by atoms with van der Waals surface area (Å²) in [6.07, 6.45) is 1.43. The van der Waals surface area contributed by atoms with Crippen molar-refractivity contribution in [3.8, 4) is 0 Å². The van der Waals surface area contributed by atoms with Gasteiger partial charge >= 0.3 is 11.9 Å². The van der Waals surface area contributed by atoms with Gasteiger partial charge in [0.25, 0.3) is 0 Å². The summed E-state index contributed by atoms with van der Waals surface area (Å²) in [5, 5.41) is 3.63. The van der Waals surface area contributed by atoms with Crippen molar-refractivity contribution in [2.45, 2.75) is 6.92 Å². The van der Waals surface area contributed by atoms with Crippen molar-refractivity contribution < 1.29 is 14.3 Å². The van der Waals surface area contributed by atoms with Crippen LogP contribution in [0.25, 0.3) is 0 Å². The maximum absolute atomic E-state index is 11.1. The van der Waals surface area contributed by atoms with Gasteiger partial charge in [-0.3, -0.25) is 4.79 Å². The lowest BCUT2D eigenvalue weighted by molar-refractivity contribution is -0.154. The normalized spacial score (nSPS) is 10.2. The zero-order valence-corrected chi connectivity index (χ0v) is 10.7. The smallest absolute Gasteiger partial charge is 0.398 e. The topological polar surface area (TPSA) is 67.8 Å². The molecule has 0 spiro atoms. The van der Waals surface area contributed by atoms with Gasteiger partial charge in [0.15, 0.2) is 0 Å². The Balaban J connectivity index is 2.47. The van der Waals surface area contributed by atoms with Gasteiger partial charge in [-0.2, -0.15) is 5.10 Å². The van der Waals surface area contributed by atoms with Crippen molar-refractivity contribution in [2.75, 3.05) is 6.61 Å². The number of amides is 1. The van der Waals surface area contributed by atoms with Gasteiger partial charge in [-0.05, 0) is 24.6 Å². The molecule has 0 bridgehead atoms. The molecule has 0 atom stereocenters. The highest BCUT2D eigenvalue weighted by Crippen LogP contribution is 2.08. The zero-order valence-electron chi connectivity index (χ0n) is 9.14. The van der Waals surface area contributed by atoms with E-state index in [0.29, 0.717) is 0 Å². The minimum Gasteiger partial charge on any atom is -0.459 e. The van der Waals surface area contributed by atoms with Crippen molar-refractivity contribution in [2.24, 2.45) is 5.10 Å². The molecule has 1 aromatic rings. The number of ether oxygens (including phenoxy) is 1. The van der Waals surface area contributed by atoms with Gasteiger partial charge < -0.3 is 4.74 Å². The summed E-state index contributed by atoms with van der Waals surface area (Å²) in [5.41, 5.74) is 2.88. The summed E-state index contributed by atoms with van der Waals surface area (Å²) >= 11 is 3.30. The molecular formula is C11H11BrN2O3. The first-order valence-electron chi connectivity index (χ1n) is 4.89. The third kappa shape index (κ3) is 4.78. The number of carbonyl (C=O) groups excluding carboxylic acids is 2. The van der Waals surface area contributed by atoms with Crippen LogP contribution in [-0.4, -0.2) is 24.7 Å². The minimum atomic E-state index is -0.944. The largest absolute Gasteiger partial charge is 0.459 e. The fourth-order valence-corrected chi connectivity index (χ4v) is 1.22. The van der Waals surface area contributed by atoms with Crippen LogP contribution in [0.3, 0.4) is 0 Å². The molecule has 6 heteroatoms. The Bertz CT molecular complexity index is 429. The van der Waals surface area contributed by atoms with Crippen LogP contribution in [0.2, 0.25) is 0 Å². The van der Waals surface area contributed by atoms with Crippen LogP contribution < -0.4 is 5.43 Å². The Kier molecular flexibility index (Phi) is 5.35. The number of hydrazone groups is 1. The summed E-state index contributed by atoms with van der Waals surface area (Å²) in [6.45, 7) is 1.78. The monoisotopic (exact) mass is 298 g/mol. The number of nitrogens with one attached hydrogen (secondary N) is 1. The van der Waals surface area contributed by atoms with Crippen LogP contribution >= 0.6 is 15.9 Å². The Labute approximate surface area is 107 Å². The second kappa shape index (κ2) is 6.80. The molecule has 0 heterocycles. The standard InChI is InChI=1S/C11H11BrN2O3/c1-2-17-11(16)10(15)14-13-7-8-3-5-9(12)6-4-8/h3-7H,2H2,1H3,(H,14,15). The van der Waals surface area contributed by atoms with Crippen LogP contribution in [0.4, 0.5) is 0 Å². The predicted octanol–water partition coefficient (Wildman–Crippen LogP) is 1.46. The summed E-state index contributed by atoms with van der Waals surface area (Å²) in [6, 6.07) is 7.30. The zero-order chi connectivity index (χ0) is 12.7. The third-order valence-corrected chi connectivity index (χ3v) is 2.24. The Hall–Kier alpha value is -1.69. The van der Waals surface area contributed by atoms with Crippen molar-refractivity contribution in [3.05, 3.63) is 34.3 Å². The maximum atomic E-state index is 11.1. The van der Waals surface area contributed by atoms with Crippen LogP contribution in [0.5, 0.6) is 0 Å².